The van der Waals surface area contributed by atoms with Crippen LogP contribution in [0.15, 0.2) is 0 Å². The van der Waals surface area contributed by atoms with Gasteiger partial charge in [0.05, 0.1) is 6.61 Å². The first-order valence-corrected chi connectivity index (χ1v) is 6.01. The van der Waals surface area contributed by atoms with Crippen molar-refractivity contribution in [3.8, 4) is 0 Å². The van der Waals surface area contributed by atoms with E-state index in [1.54, 1.807) is 0 Å². The van der Waals surface area contributed by atoms with E-state index in [0.29, 0.717) is 0 Å². The summed E-state index contributed by atoms with van der Waals surface area (Å²) in [4.78, 5) is 33.4. The third-order valence-corrected chi connectivity index (χ3v) is 2.54. The summed E-state index contributed by atoms with van der Waals surface area (Å²) in [7, 11) is 1.36. The minimum atomic E-state index is -1.01. The molecular formula is C12H18O8. The lowest BCUT2D eigenvalue weighted by atomic mass is 10.0. The molecule has 1 rings (SSSR count). The van der Waals surface area contributed by atoms with Gasteiger partial charge in [-0.1, -0.05) is 0 Å². The highest BCUT2D eigenvalue weighted by molar-refractivity contribution is 5.68. The molecule has 0 spiro atoms. The molecule has 0 aromatic rings. The maximum atomic E-state index is 11.2. The second-order valence-electron chi connectivity index (χ2n) is 4.23. The minimum Gasteiger partial charge on any atom is -0.456 e. The number of methoxy groups -OCH3 is 1. The molecule has 1 saturated heterocycles. The van der Waals surface area contributed by atoms with Gasteiger partial charge in [0.15, 0.2) is 24.6 Å². The van der Waals surface area contributed by atoms with Crippen molar-refractivity contribution in [3.63, 3.8) is 0 Å². The quantitative estimate of drug-likeness (QED) is 0.518. The molecule has 1 fully saturated rings. The Morgan fingerprint density at radius 3 is 1.85 bits per heavy atom. The van der Waals surface area contributed by atoms with Gasteiger partial charge in [0.1, 0.15) is 0 Å². The Bertz CT molecular complexity index is 380. The van der Waals surface area contributed by atoms with E-state index in [4.69, 9.17) is 23.7 Å². The fraction of sp³-hybridized carbons (Fsp3) is 0.750. The van der Waals surface area contributed by atoms with Gasteiger partial charge in [0.25, 0.3) is 0 Å². The van der Waals surface area contributed by atoms with Crippen LogP contribution >= 0.6 is 0 Å². The van der Waals surface area contributed by atoms with Crippen LogP contribution < -0.4 is 0 Å². The summed E-state index contributed by atoms with van der Waals surface area (Å²) in [6.45, 7) is 3.59. The zero-order chi connectivity index (χ0) is 15.3. The average molecular weight is 290 g/mol. The Balaban J connectivity index is 2.95. The van der Waals surface area contributed by atoms with E-state index in [1.807, 2.05) is 0 Å². The molecule has 0 N–H and O–H groups in total. The van der Waals surface area contributed by atoms with Crippen LogP contribution in [0.5, 0.6) is 0 Å². The molecule has 114 valence electrons. The minimum absolute atomic E-state index is 0.0339. The van der Waals surface area contributed by atoms with Gasteiger partial charge in [-0.25, -0.2) is 0 Å². The first kappa shape index (κ1) is 16.4. The molecule has 0 saturated carbocycles. The fourth-order valence-electron chi connectivity index (χ4n) is 1.91. The largest absolute Gasteiger partial charge is 0.456 e. The predicted molar refractivity (Wildman–Crippen MR) is 63.4 cm³/mol. The summed E-state index contributed by atoms with van der Waals surface area (Å²) in [6.07, 6.45) is -3.78. The van der Waals surface area contributed by atoms with Crippen molar-refractivity contribution in [1.29, 1.82) is 0 Å². The van der Waals surface area contributed by atoms with Gasteiger partial charge in [-0.15, -0.1) is 0 Å². The average Bonchev–Trinajstić information content (AvgIpc) is 2.31. The fourth-order valence-corrected chi connectivity index (χ4v) is 1.91. The number of rotatable bonds is 4. The number of hydrogen-bond donors (Lipinski definition) is 0. The maximum absolute atomic E-state index is 11.2. The van der Waals surface area contributed by atoms with E-state index >= 15 is 0 Å². The molecule has 1 aliphatic heterocycles. The van der Waals surface area contributed by atoms with Gasteiger partial charge in [0.2, 0.25) is 0 Å². The summed E-state index contributed by atoms with van der Waals surface area (Å²) in [6, 6.07) is 0. The summed E-state index contributed by atoms with van der Waals surface area (Å²) in [5, 5.41) is 0. The molecule has 20 heavy (non-hydrogen) atoms. The van der Waals surface area contributed by atoms with Gasteiger partial charge in [-0.2, -0.15) is 0 Å². The van der Waals surface area contributed by atoms with Crippen LogP contribution in [0.3, 0.4) is 0 Å². The zero-order valence-corrected chi connectivity index (χ0v) is 11.8. The van der Waals surface area contributed by atoms with Crippen molar-refractivity contribution in [3.05, 3.63) is 0 Å². The van der Waals surface area contributed by atoms with E-state index in [2.05, 4.69) is 0 Å². The first-order chi connectivity index (χ1) is 9.35. The van der Waals surface area contributed by atoms with Crippen molar-refractivity contribution < 1.29 is 38.1 Å². The molecule has 1 aliphatic rings. The lowest BCUT2D eigenvalue weighted by molar-refractivity contribution is -0.274. The molecule has 8 heteroatoms. The lowest BCUT2D eigenvalue weighted by Gasteiger charge is -2.39. The Morgan fingerprint density at radius 1 is 0.900 bits per heavy atom. The summed E-state index contributed by atoms with van der Waals surface area (Å²) in [5.74, 6) is -1.75. The van der Waals surface area contributed by atoms with E-state index in [1.165, 1.54) is 27.9 Å². The van der Waals surface area contributed by atoms with Crippen molar-refractivity contribution in [2.24, 2.45) is 0 Å². The molecule has 4 unspecified atom stereocenters. The van der Waals surface area contributed by atoms with Crippen LogP contribution in [0.2, 0.25) is 0 Å². The number of carbonyl (C=O) groups excluding carboxylic acids is 3. The number of carbonyl (C=O) groups is 3. The van der Waals surface area contributed by atoms with Gasteiger partial charge in [-0.3, -0.25) is 14.4 Å². The molecule has 0 amide bonds. The summed E-state index contributed by atoms with van der Waals surface area (Å²) < 4.78 is 25.5. The lowest BCUT2D eigenvalue weighted by Crippen LogP contribution is -2.57. The van der Waals surface area contributed by atoms with Gasteiger partial charge in [-0.05, 0) is 0 Å². The highest BCUT2D eigenvalue weighted by atomic mass is 16.7. The summed E-state index contributed by atoms with van der Waals surface area (Å²) >= 11 is 0. The Kier molecular flexibility index (Phi) is 5.90. The second-order valence-corrected chi connectivity index (χ2v) is 4.23. The monoisotopic (exact) mass is 290 g/mol. The van der Waals surface area contributed by atoms with E-state index in [0.717, 1.165) is 0 Å². The Morgan fingerprint density at radius 2 is 1.40 bits per heavy atom. The molecule has 8 nitrogen and oxygen atoms in total. The number of esters is 3. The summed E-state index contributed by atoms with van der Waals surface area (Å²) in [5.41, 5.74) is 0. The third-order valence-electron chi connectivity index (χ3n) is 2.54. The van der Waals surface area contributed by atoms with Gasteiger partial charge >= 0.3 is 17.9 Å². The Labute approximate surface area is 116 Å². The molecule has 0 bridgehead atoms. The first-order valence-electron chi connectivity index (χ1n) is 6.01. The molecular weight excluding hydrogens is 272 g/mol. The van der Waals surface area contributed by atoms with E-state index < -0.39 is 42.5 Å². The normalized spacial score (nSPS) is 29.4. The van der Waals surface area contributed by atoms with Crippen LogP contribution in [-0.4, -0.2) is 56.2 Å². The molecule has 0 aromatic carbocycles. The highest BCUT2D eigenvalue weighted by Gasteiger charge is 2.47. The number of ether oxygens (including phenoxy) is 5. The third kappa shape index (κ3) is 4.46. The Hall–Kier alpha value is -1.67. The van der Waals surface area contributed by atoms with Gasteiger partial charge < -0.3 is 23.7 Å². The van der Waals surface area contributed by atoms with Crippen LogP contribution in [0.1, 0.15) is 20.8 Å². The predicted octanol–water partition coefficient (Wildman–Crippen LogP) is -0.216. The SMILES string of the molecule is COC1OCC(OC(C)=O)C(OC(C)=O)C1OC(C)=O. The topological polar surface area (TPSA) is 97.4 Å². The van der Waals surface area contributed by atoms with Crippen LogP contribution in [0.25, 0.3) is 0 Å². The molecule has 0 aliphatic carbocycles. The smallest absolute Gasteiger partial charge is 0.303 e. The van der Waals surface area contributed by atoms with Crippen molar-refractivity contribution in [1.82, 2.24) is 0 Å². The number of hydrogen-bond acceptors (Lipinski definition) is 8. The van der Waals surface area contributed by atoms with Crippen molar-refractivity contribution >= 4 is 17.9 Å². The highest BCUT2D eigenvalue weighted by Crippen LogP contribution is 2.24. The van der Waals surface area contributed by atoms with E-state index in [-0.39, 0.29) is 6.61 Å². The van der Waals surface area contributed by atoms with Crippen molar-refractivity contribution in [2.45, 2.75) is 45.4 Å². The van der Waals surface area contributed by atoms with Crippen molar-refractivity contribution in [2.75, 3.05) is 13.7 Å². The molecule has 0 radical (unpaired) electrons. The van der Waals surface area contributed by atoms with E-state index in [9.17, 15) is 14.4 Å². The van der Waals surface area contributed by atoms with Crippen LogP contribution in [0.4, 0.5) is 0 Å². The molecule has 1 heterocycles. The standard InChI is InChI=1S/C12H18O8/c1-6(13)18-9-5-17-12(16-4)11(20-8(3)15)10(9)19-7(2)14/h9-12H,5H2,1-4H3. The second kappa shape index (κ2) is 7.20. The molecule has 4 atom stereocenters. The van der Waals surface area contributed by atoms with Crippen LogP contribution in [-0.2, 0) is 38.1 Å². The maximum Gasteiger partial charge on any atom is 0.303 e. The molecule has 0 aromatic heterocycles. The zero-order valence-electron chi connectivity index (χ0n) is 11.8. The van der Waals surface area contributed by atoms with Gasteiger partial charge in [0, 0.05) is 27.9 Å². The van der Waals surface area contributed by atoms with Crippen LogP contribution in [0, 0.1) is 0 Å².